The van der Waals surface area contributed by atoms with Crippen molar-refractivity contribution in [1.29, 1.82) is 0 Å². The Labute approximate surface area is 123 Å². The third kappa shape index (κ3) is 4.85. The lowest BCUT2D eigenvalue weighted by atomic mass is 10.2. The van der Waals surface area contributed by atoms with Gasteiger partial charge in [-0.3, -0.25) is 9.78 Å². The SMILES string of the molecule is CC(O)CCNC(=O)c1cccc(Nc2cnccn2)c1. The van der Waals surface area contributed by atoms with Crippen LogP contribution in [0.3, 0.4) is 0 Å². The molecule has 0 aliphatic rings. The van der Waals surface area contributed by atoms with Crippen LogP contribution >= 0.6 is 0 Å². The average Bonchev–Trinajstić information content (AvgIpc) is 2.48. The maximum atomic E-state index is 12.0. The number of benzene rings is 1. The second kappa shape index (κ2) is 7.35. The van der Waals surface area contributed by atoms with E-state index < -0.39 is 6.10 Å². The zero-order chi connectivity index (χ0) is 15.1. The number of carbonyl (C=O) groups is 1. The Bertz CT molecular complexity index is 587. The van der Waals surface area contributed by atoms with Crippen LogP contribution in [0.15, 0.2) is 42.9 Å². The van der Waals surface area contributed by atoms with Crippen molar-refractivity contribution < 1.29 is 9.90 Å². The van der Waals surface area contributed by atoms with Crippen LogP contribution in [0, 0.1) is 0 Å². The van der Waals surface area contributed by atoms with Crippen LogP contribution in [0.5, 0.6) is 0 Å². The van der Waals surface area contributed by atoms with Gasteiger partial charge >= 0.3 is 0 Å². The highest BCUT2D eigenvalue weighted by Crippen LogP contribution is 2.15. The van der Waals surface area contributed by atoms with Crippen LogP contribution in [0.4, 0.5) is 11.5 Å². The molecule has 2 aromatic rings. The van der Waals surface area contributed by atoms with E-state index in [1.54, 1.807) is 43.7 Å². The molecule has 1 amide bonds. The largest absolute Gasteiger partial charge is 0.393 e. The molecule has 1 heterocycles. The first-order valence-corrected chi connectivity index (χ1v) is 6.74. The standard InChI is InChI=1S/C15H18N4O2/c1-11(20)5-6-18-15(21)12-3-2-4-13(9-12)19-14-10-16-7-8-17-14/h2-4,7-11,20H,5-6H2,1H3,(H,17,19)(H,18,21). The minimum absolute atomic E-state index is 0.168. The average molecular weight is 286 g/mol. The molecule has 0 fully saturated rings. The Kier molecular flexibility index (Phi) is 5.22. The number of aliphatic hydroxyl groups is 1. The summed E-state index contributed by atoms with van der Waals surface area (Å²) in [4.78, 5) is 20.1. The molecule has 1 aromatic heterocycles. The summed E-state index contributed by atoms with van der Waals surface area (Å²) in [5, 5.41) is 15.0. The molecular weight excluding hydrogens is 268 g/mol. The van der Waals surface area contributed by atoms with E-state index in [1.165, 1.54) is 0 Å². The van der Waals surface area contributed by atoms with Crippen molar-refractivity contribution in [2.45, 2.75) is 19.4 Å². The fourth-order valence-corrected chi connectivity index (χ4v) is 1.75. The summed E-state index contributed by atoms with van der Waals surface area (Å²) in [5.74, 6) is 0.447. The van der Waals surface area contributed by atoms with Gasteiger partial charge in [-0.05, 0) is 31.5 Å². The van der Waals surface area contributed by atoms with Gasteiger partial charge < -0.3 is 15.7 Å². The fourth-order valence-electron chi connectivity index (χ4n) is 1.75. The van der Waals surface area contributed by atoms with Gasteiger partial charge in [0.1, 0.15) is 5.82 Å². The summed E-state index contributed by atoms with van der Waals surface area (Å²) in [6, 6.07) is 7.12. The van der Waals surface area contributed by atoms with Crippen molar-refractivity contribution >= 4 is 17.4 Å². The van der Waals surface area contributed by atoms with E-state index in [0.29, 0.717) is 24.3 Å². The van der Waals surface area contributed by atoms with Crippen molar-refractivity contribution in [3.05, 3.63) is 48.4 Å². The van der Waals surface area contributed by atoms with Crippen molar-refractivity contribution in [2.24, 2.45) is 0 Å². The molecule has 0 aliphatic heterocycles. The molecule has 0 saturated heterocycles. The number of hydrogen-bond donors (Lipinski definition) is 3. The van der Waals surface area contributed by atoms with E-state index in [1.807, 2.05) is 6.07 Å². The number of amides is 1. The van der Waals surface area contributed by atoms with E-state index in [2.05, 4.69) is 20.6 Å². The normalized spacial score (nSPS) is 11.7. The lowest BCUT2D eigenvalue weighted by molar-refractivity contribution is 0.0945. The van der Waals surface area contributed by atoms with Crippen molar-refractivity contribution in [3.8, 4) is 0 Å². The molecular formula is C15H18N4O2. The van der Waals surface area contributed by atoms with E-state index in [-0.39, 0.29) is 5.91 Å². The molecule has 0 radical (unpaired) electrons. The minimum atomic E-state index is -0.421. The molecule has 3 N–H and O–H groups in total. The molecule has 1 aromatic carbocycles. The summed E-state index contributed by atoms with van der Waals surface area (Å²) in [7, 11) is 0. The summed E-state index contributed by atoms with van der Waals surface area (Å²) in [6.07, 6.45) is 4.90. The summed E-state index contributed by atoms with van der Waals surface area (Å²) in [6.45, 7) is 2.13. The molecule has 2 rings (SSSR count). The maximum Gasteiger partial charge on any atom is 0.251 e. The van der Waals surface area contributed by atoms with Crippen molar-refractivity contribution in [2.75, 3.05) is 11.9 Å². The van der Waals surface area contributed by atoms with E-state index in [9.17, 15) is 4.79 Å². The van der Waals surface area contributed by atoms with Crippen LogP contribution in [0.25, 0.3) is 0 Å². The van der Waals surface area contributed by atoms with Gasteiger partial charge in [-0.15, -0.1) is 0 Å². The van der Waals surface area contributed by atoms with Gasteiger partial charge in [0.15, 0.2) is 0 Å². The zero-order valence-electron chi connectivity index (χ0n) is 11.8. The van der Waals surface area contributed by atoms with Crippen LogP contribution < -0.4 is 10.6 Å². The third-order valence-electron chi connectivity index (χ3n) is 2.81. The van der Waals surface area contributed by atoms with E-state index in [4.69, 9.17) is 5.11 Å². The van der Waals surface area contributed by atoms with Crippen molar-refractivity contribution in [1.82, 2.24) is 15.3 Å². The number of rotatable bonds is 6. The number of nitrogens with zero attached hydrogens (tertiary/aromatic N) is 2. The number of aliphatic hydroxyl groups excluding tert-OH is 1. The Hall–Kier alpha value is -2.47. The first-order valence-electron chi connectivity index (χ1n) is 6.74. The summed E-state index contributed by atoms with van der Waals surface area (Å²) in [5.41, 5.74) is 1.31. The van der Waals surface area contributed by atoms with Gasteiger partial charge in [-0.1, -0.05) is 6.07 Å². The lowest BCUT2D eigenvalue weighted by Gasteiger charge is -2.09. The van der Waals surface area contributed by atoms with Gasteiger partial charge in [0.05, 0.1) is 12.3 Å². The maximum absolute atomic E-state index is 12.0. The number of nitrogens with one attached hydrogen (secondary N) is 2. The molecule has 0 aliphatic carbocycles. The van der Waals surface area contributed by atoms with Crippen molar-refractivity contribution in [3.63, 3.8) is 0 Å². The number of aromatic nitrogens is 2. The molecule has 1 unspecified atom stereocenters. The quantitative estimate of drug-likeness (QED) is 0.752. The lowest BCUT2D eigenvalue weighted by Crippen LogP contribution is -2.26. The van der Waals surface area contributed by atoms with Crippen LogP contribution in [0.1, 0.15) is 23.7 Å². The highest BCUT2D eigenvalue weighted by Gasteiger charge is 2.06. The first kappa shape index (κ1) is 14.9. The van der Waals surface area contributed by atoms with Crippen LogP contribution in [-0.4, -0.2) is 33.6 Å². The molecule has 6 nitrogen and oxygen atoms in total. The topological polar surface area (TPSA) is 87.1 Å². The van der Waals surface area contributed by atoms with Gasteiger partial charge in [0.2, 0.25) is 0 Å². The van der Waals surface area contributed by atoms with Gasteiger partial charge in [0.25, 0.3) is 5.91 Å². The zero-order valence-corrected chi connectivity index (χ0v) is 11.8. The van der Waals surface area contributed by atoms with E-state index in [0.717, 1.165) is 5.69 Å². The van der Waals surface area contributed by atoms with Gasteiger partial charge in [0, 0.05) is 30.2 Å². The smallest absolute Gasteiger partial charge is 0.251 e. The molecule has 6 heteroatoms. The fraction of sp³-hybridized carbons (Fsp3) is 0.267. The van der Waals surface area contributed by atoms with Gasteiger partial charge in [-0.2, -0.15) is 0 Å². The number of hydrogen-bond acceptors (Lipinski definition) is 5. The first-order chi connectivity index (χ1) is 10.1. The second-order valence-electron chi connectivity index (χ2n) is 4.69. The highest BCUT2D eigenvalue weighted by atomic mass is 16.3. The molecule has 110 valence electrons. The molecule has 1 atom stereocenters. The number of anilines is 2. The third-order valence-corrected chi connectivity index (χ3v) is 2.81. The van der Waals surface area contributed by atoms with Gasteiger partial charge in [-0.25, -0.2) is 4.98 Å². The van der Waals surface area contributed by atoms with Crippen LogP contribution in [0.2, 0.25) is 0 Å². The number of carbonyl (C=O) groups excluding carboxylic acids is 1. The Morgan fingerprint density at radius 2 is 2.24 bits per heavy atom. The second-order valence-corrected chi connectivity index (χ2v) is 4.69. The predicted molar refractivity (Wildman–Crippen MR) is 80.4 cm³/mol. The molecule has 0 spiro atoms. The Morgan fingerprint density at radius 3 is 2.95 bits per heavy atom. The molecule has 21 heavy (non-hydrogen) atoms. The minimum Gasteiger partial charge on any atom is -0.393 e. The highest BCUT2D eigenvalue weighted by molar-refractivity contribution is 5.95. The predicted octanol–water partition coefficient (Wildman–Crippen LogP) is 1.72. The van der Waals surface area contributed by atoms with Crippen LogP contribution in [-0.2, 0) is 0 Å². The Morgan fingerprint density at radius 1 is 1.38 bits per heavy atom. The summed E-state index contributed by atoms with van der Waals surface area (Å²) < 4.78 is 0. The molecule has 0 bridgehead atoms. The monoisotopic (exact) mass is 286 g/mol. The Balaban J connectivity index is 1.98. The molecule has 0 saturated carbocycles. The summed E-state index contributed by atoms with van der Waals surface area (Å²) >= 11 is 0. The van der Waals surface area contributed by atoms with E-state index >= 15 is 0 Å².